The van der Waals surface area contributed by atoms with Gasteiger partial charge in [0.2, 0.25) is 0 Å². The van der Waals surface area contributed by atoms with Crippen molar-refractivity contribution in [2.24, 2.45) is 0 Å². The monoisotopic (exact) mass is 278 g/mol. The SMILES string of the molecule is Cc1occc1CNC(=O)NCc1ccccc1Cl. The van der Waals surface area contributed by atoms with Crippen LogP contribution in [0.4, 0.5) is 4.79 Å². The topological polar surface area (TPSA) is 54.3 Å². The van der Waals surface area contributed by atoms with E-state index in [1.165, 1.54) is 0 Å². The molecule has 2 N–H and O–H groups in total. The Morgan fingerprint density at radius 1 is 1.16 bits per heavy atom. The minimum atomic E-state index is -0.236. The Labute approximate surface area is 116 Å². The van der Waals surface area contributed by atoms with Crippen LogP contribution < -0.4 is 10.6 Å². The van der Waals surface area contributed by atoms with Gasteiger partial charge in [0.15, 0.2) is 0 Å². The van der Waals surface area contributed by atoms with Crippen LogP contribution in [0.15, 0.2) is 41.0 Å². The van der Waals surface area contributed by atoms with E-state index in [-0.39, 0.29) is 6.03 Å². The molecule has 1 heterocycles. The number of hydrogen-bond acceptors (Lipinski definition) is 2. The number of carbonyl (C=O) groups is 1. The summed E-state index contributed by atoms with van der Waals surface area (Å²) >= 11 is 6.00. The van der Waals surface area contributed by atoms with Crippen molar-refractivity contribution in [3.8, 4) is 0 Å². The van der Waals surface area contributed by atoms with Gasteiger partial charge in [-0.25, -0.2) is 4.79 Å². The summed E-state index contributed by atoms with van der Waals surface area (Å²) in [5.74, 6) is 0.811. The average Bonchev–Trinajstić information content (AvgIpc) is 2.81. The maximum absolute atomic E-state index is 11.6. The first-order chi connectivity index (χ1) is 9.16. The lowest BCUT2D eigenvalue weighted by Crippen LogP contribution is -2.34. The number of furan rings is 1. The number of halogens is 1. The first-order valence-electron chi connectivity index (χ1n) is 5.95. The highest BCUT2D eigenvalue weighted by Gasteiger charge is 2.05. The fourth-order valence-corrected chi connectivity index (χ4v) is 1.85. The van der Waals surface area contributed by atoms with E-state index < -0.39 is 0 Å². The number of rotatable bonds is 4. The average molecular weight is 279 g/mol. The van der Waals surface area contributed by atoms with Crippen LogP contribution in [-0.2, 0) is 13.1 Å². The Bertz CT molecular complexity index is 566. The summed E-state index contributed by atoms with van der Waals surface area (Å²) in [4.78, 5) is 11.6. The van der Waals surface area contributed by atoms with E-state index in [2.05, 4.69) is 10.6 Å². The first kappa shape index (κ1) is 13.5. The third-order valence-corrected chi connectivity index (χ3v) is 3.17. The van der Waals surface area contributed by atoms with E-state index >= 15 is 0 Å². The molecule has 0 saturated carbocycles. The van der Waals surface area contributed by atoms with Gasteiger partial charge in [0.1, 0.15) is 5.76 Å². The Hall–Kier alpha value is -1.94. The fourth-order valence-electron chi connectivity index (χ4n) is 1.65. The summed E-state index contributed by atoms with van der Waals surface area (Å²) in [6.07, 6.45) is 1.61. The molecule has 0 fully saturated rings. The largest absolute Gasteiger partial charge is 0.469 e. The lowest BCUT2D eigenvalue weighted by molar-refractivity contribution is 0.240. The molecule has 0 radical (unpaired) electrons. The van der Waals surface area contributed by atoms with Crippen LogP contribution in [-0.4, -0.2) is 6.03 Å². The van der Waals surface area contributed by atoms with Crippen LogP contribution in [0.2, 0.25) is 5.02 Å². The lowest BCUT2D eigenvalue weighted by Gasteiger charge is -2.08. The quantitative estimate of drug-likeness (QED) is 0.902. The number of urea groups is 1. The molecule has 0 spiro atoms. The van der Waals surface area contributed by atoms with Crippen molar-refractivity contribution in [3.63, 3.8) is 0 Å². The Morgan fingerprint density at radius 2 is 1.84 bits per heavy atom. The zero-order valence-electron chi connectivity index (χ0n) is 10.6. The first-order valence-corrected chi connectivity index (χ1v) is 6.32. The van der Waals surface area contributed by atoms with Gasteiger partial charge in [-0.15, -0.1) is 0 Å². The summed E-state index contributed by atoms with van der Waals surface area (Å²) in [7, 11) is 0. The van der Waals surface area contributed by atoms with Crippen LogP contribution >= 0.6 is 11.6 Å². The van der Waals surface area contributed by atoms with Gasteiger partial charge < -0.3 is 15.1 Å². The van der Waals surface area contributed by atoms with Crippen molar-refractivity contribution in [1.29, 1.82) is 0 Å². The molecular formula is C14H15ClN2O2. The second-order valence-corrected chi connectivity index (χ2v) is 4.54. The molecular weight excluding hydrogens is 264 g/mol. The van der Waals surface area contributed by atoms with E-state index in [9.17, 15) is 4.79 Å². The summed E-state index contributed by atoms with van der Waals surface area (Å²) in [6.45, 7) is 2.70. The van der Waals surface area contributed by atoms with Gasteiger partial charge in [0.05, 0.1) is 6.26 Å². The van der Waals surface area contributed by atoms with Crippen molar-refractivity contribution in [2.75, 3.05) is 0 Å². The van der Waals surface area contributed by atoms with Crippen LogP contribution in [0.3, 0.4) is 0 Å². The Morgan fingerprint density at radius 3 is 2.47 bits per heavy atom. The zero-order chi connectivity index (χ0) is 13.7. The highest BCUT2D eigenvalue weighted by Crippen LogP contribution is 2.14. The molecule has 2 rings (SSSR count). The van der Waals surface area contributed by atoms with E-state index in [0.29, 0.717) is 18.1 Å². The third kappa shape index (κ3) is 3.76. The number of benzene rings is 1. The van der Waals surface area contributed by atoms with Crippen LogP contribution in [0.25, 0.3) is 0 Å². The molecule has 0 bridgehead atoms. The molecule has 19 heavy (non-hydrogen) atoms. The van der Waals surface area contributed by atoms with Gasteiger partial charge >= 0.3 is 6.03 Å². The number of amides is 2. The Kier molecular flexibility index (Phi) is 4.47. The molecule has 0 saturated heterocycles. The van der Waals surface area contributed by atoms with Gasteiger partial charge in [-0.2, -0.15) is 0 Å². The molecule has 0 atom stereocenters. The minimum absolute atomic E-state index is 0.236. The normalized spacial score (nSPS) is 10.2. The van der Waals surface area contributed by atoms with Crippen molar-refractivity contribution < 1.29 is 9.21 Å². The minimum Gasteiger partial charge on any atom is -0.469 e. The molecule has 1 aromatic carbocycles. The zero-order valence-corrected chi connectivity index (χ0v) is 11.3. The molecule has 0 aliphatic rings. The molecule has 0 aliphatic heterocycles. The number of carbonyl (C=O) groups excluding carboxylic acids is 1. The van der Waals surface area contributed by atoms with Gasteiger partial charge in [-0.05, 0) is 24.6 Å². The van der Waals surface area contributed by atoms with Gasteiger partial charge in [0.25, 0.3) is 0 Å². The molecule has 0 aliphatic carbocycles. The van der Waals surface area contributed by atoms with E-state index in [0.717, 1.165) is 16.9 Å². The van der Waals surface area contributed by atoms with E-state index in [1.807, 2.05) is 31.2 Å². The summed E-state index contributed by atoms with van der Waals surface area (Å²) in [5.41, 5.74) is 1.85. The second-order valence-electron chi connectivity index (χ2n) is 4.13. The number of nitrogens with one attached hydrogen (secondary N) is 2. The smallest absolute Gasteiger partial charge is 0.315 e. The Balaban J connectivity index is 1.79. The molecule has 2 amide bonds. The maximum Gasteiger partial charge on any atom is 0.315 e. The standard InChI is InChI=1S/C14H15ClN2O2/c1-10-11(6-7-19-10)8-16-14(18)17-9-12-4-2-3-5-13(12)15/h2-7H,8-9H2,1H3,(H2,16,17,18). The second kappa shape index (κ2) is 6.29. The van der Waals surface area contributed by atoms with Crippen LogP contribution in [0.1, 0.15) is 16.9 Å². The van der Waals surface area contributed by atoms with Crippen molar-refractivity contribution >= 4 is 17.6 Å². The summed E-state index contributed by atoms with van der Waals surface area (Å²) < 4.78 is 5.15. The molecule has 5 heteroatoms. The van der Waals surface area contributed by atoms with E-state index in [1.54, 1.807) is 12.3 Å². The van der Waals surface area contributed by atoms with Crippen LogP contribution in [0.5, 0.6) is 0 Å². The fraction of sp³-hybridized carbons (Fsp3) is 0.214. The number of aryl methyl sites for hydroxylation is 1. The van der Waals surface area contributed by atoms with Gasteiger partial charge in [-0.1, -0.05) is 29.8 Å². The van der Waals surface area contributed by atoms with Crippen molar-refractivity contribution in [1.82, 2.24) is 10.6 Å². The molecule has 0 unspecified atom stereocenters. The summed E-state index contributed by atoms with van der Waals surface area (Å²) in [6, 6.07) is 9.02. The predicted octanol–water partition coefficient (Wildman–Crippen LogP) is 3.24. The van der Waals surface area contributed by atoms with Crippen molar-refractivity contribution in [2.45, 2.75) is 20.0 Å². The molecule has 1 aromatic heterocycles. The molecule has 4 nitrogen and oxygen atoms in total. The summed E-state index contributed by atoms with van der Waals surface area (Å²) in [5, 5.41) is 6.17. The van der Waals surface area contributed by atoms with Gasteiger partial charge in [0, 0.05) is 23.7 Å². The lowest BCUT2D eigenvalue weighted by atomic mass is 10.2. The molecule has 2 aromatic rings. The van der Waals surface area contributed by atoms with Crippen molar-refractivity contribution in [3.05, 3.63) is 58.5 Å². The number of hydrogen-bond donors (Lipinski definition) is 2. The van der Waals surface area contributed by atoms with Crippen LogP contribution in [0, 0.1) is 6.92 Å². The van der Waals surface area contributed by atoms with E-state index in [4.69, 9.17) is 16.0 Å². The predicted molar refractivity (Wildman–Crippen MR) is 74.0 cm³/mol. The highest BCUT2D eigenvalue weighted by atomic mass is 35.5. The molecule has 100 valence electrons. The third-order valence-electron chi connectivity index (χ3n) is 2.80. The maximum atomic E-state index is 11.6. The van der Waals surface area contributed by atoms with Gasteiger partial charge in [-0.3, -0.25) is 0 Å². The highest BCUT2D eigenvalue weighted by molar-refractivity contribution is 6.31.